The maximum Gasteiger partial charge on any atom is 0.390 e. The first kappa shape index (κ1) is 25.2. The molecule has 0 saturated heterocycles. The molecular weight excluding hydrogens is 465 g/mol. The smallest absolute Gasteiger partial charge is 0.345 e. The molecule has 1 amide bonds. The van der Waals surface area contributed by atoms with E-state index >= 15 is 0 Å². The van der Waals surface area contributed by atoms with Gasteiger partial charge in [0.05, 0.1) is 43.8 Å². The molecule has 1 aliphatic rings. The molecule has 0 atom stereocenters. The number of fused-ring (bicyclic) bond motifs is 1. The van der Waals surface area contributed by atoms with Crippen LogP contribution in [0.5, 0.6) is 0 Å². The summed E-state index contributed by atoms with van der Waals surface area (Å²) >= 11 is 0. The highest BCUT2D eigenvalue weighted by atomic mass is 19.4. The van der Waals surface area contributed by atoms with Gasteiger partial charge in [0.25, 0.3) is 5.91 Å². The summed E-state index contributed by atoms with van der Waals surface area (Å²) in [6, 6.07) is 1.54. The van der Waals surface area contributed by atoms with E-state index in [1.54, 1.807) is 6.20 Å². The summed E-state index contributed by atoms with van der Waals surface area (Å²) in [5.74, 6) is -2.92. The lowest BCUT2D eigenvalue weighted by molar-refractivity contribution is -0.137. The van der Waals surface area contributed by atoms with Gasteiger partial charge in [0.2, 0.25) is 5.92 Å². The number of hydrogen-bond acceptors (Lipinski definition) is 6. The highest BCUT2D eigenvalue weighted by Gasteiger charge is 2.30. The molecule has 1 N–H and O–H groups in total. The van der Waals surface area contributed by atoms with Crippen LogP contribution in [0, 0.1) is 0 Å². The molecule has 34 heavy (non-hydrogen) atoms. The van der Waals surface area contributed by atoms with Gasteiger partial charge in [-0.05, 0) is 18.9 Å². The van der Waals surface area contributed by atoms with Crippen LogP contribution < -0.4 is 5.32 Å². The lowest BCUT2D eigenvalue weighted by atomic mass is 9.97. The van der Waals surface area contributed by atoms with Crippen LogP contribution in [0.25, 0.3) is 5.65 Å². The van der Waals surface area contributed by atoms with E-state index in [-0.39, 0.29) is 25.1 Å². The average molecular weight is 487 g/mol. The van der Waals surface area contributed by atoms with E-state index in [0.29, 0.717) is 36.0 Å². The Morgan fingerprint density at radius 3 is 2.50 bits per heavy atom. The minimum atomic E-state index is -4.32. The van der Waals surface area contributed by atoms with Crippen molar-refractivity contribution >= 4 is 17.8 Å². The van der Waals surface area contributed by atoms with Gasteiger partial charge in [-0.1, -0.05) is 6.42 Å². The number of hydrogen-bond donors (Lipinski definition) is 1. The molecule has 14 heteroatoms. The molecule has 4 rings (SSSR count). The van der Waals surface area contributed by atoms with E-state index in [2.05, 4.69) is 25.6 Å². The standard InChI is InChI=1S/C14H12F3N7O2.C6H10F2/c15-14(16,17)1-2-24-20-6-11(22-24)13(26)18-5-10-7-23-12(21-10)3-9(8-25)4-19-23;7-6(8)4-2-1-3-5-6/h3-4,6-8H,1-2,5H2,(H,18,26);1-5H2. The van der Waals surface area contributed by atoms with Gasteiger partial charge in [0, 0.05) is 18.4 Å². The number of carbonyl (C=O) groups is 2. The molecule has 3 heterocycles. The van der Waals surface area contributed by atoms with Crippen molar-refractivity contribution in [1.29, 1.82) is 0 Å². The zero-order valence-electron chi connectivity index (χ0n) is 17.9. The summed E-state index contributed by atoms with van der Waals surface area (Å²) in [5.41, 5.74) is 1.20. The summed E-state index contributed by atoms with van der Waals surface area (Å²) in [5, 5.41) is 13.9. The van der Waals surface area contributed by atoms with Crippen LogP contribution in [0.4, 0.5) is 22.0 Å². The van der Waals surface area contributed by atoms with Crippen molar-refractivity contribution in [3.8, 4) is 0 Å². The third kappa shape index (κ3) is 7.56. The van der Waals surface area contributed by atoms with Gasteiger partial charge in [0.15, 0.2) is 17.6 Å². The Bertz CT molecular complexity index is 1120. The lowest BCUT2D eigenvalue weighted by Crippen LogP contribution is -2.23. The van der Waals surface area contributed by atoms with E-state index < -0.39 is 31.0 Å². The Balaban J connectivity index is 0.000000343. The predicted molar refractivity (Wildman–Crippen MR) is 108 cm³/mol. The first-order valence-corrected chi connectivity index (χ1v) is 10.5. The molecule has 1 saturated carbocycles. The average Bonchev–Trinajstić information content (AvgIpc) is 3.42. The molecule has 184 valence electrons. The van der Waals surface area contributed by atoms with Gasteiger partial charge < -0.3 is 5.32 Å². The fourth-order valence-electron chi connectivity index (χ4n) is 3.16. The monoisotopic (exact) mass is 487 g/mol. The third-order valence-corrected chi connectivity index (χ3v) is 4.91. The van der Waals surface area contributed by atoms with E-state index in [1.165, 1.54) is 16.8 Å². The van der Waals surface area contributed by atoms with Gasteiger partial charge in [-0.25, -0.2) is 18.3 Å². The van der Waals surface area contributed by atoms with Gasteiger partial charge >= 0.3 is 6.18 Å². The first-order chi connectivity index (χ1) is 16.0. The third-order valence-electron chi connectivity index (χ3n) is 4.91. The molecule has 0 bridgehead atoms. The second-order valence-electron chi connectivity index (χ2n) is 7.73. The SMILES string of the molecule is FC1(F)CCCCC1.O=Cc1cnn2cc(CNC(=O)c3cnn(CCC(F)(F)F)n3)nc2c1. The van der Waals surface area contributed by atoms with E-state index in [1.807, 2.05) is 0 Å². The Labute approximate surface area is 190 Å². The Morgan fingerprint density at radius 2 is 1.88 bits per heavy atom. The van der Waals surface area contributed by atoms with Crippen LogP contribution in [0.1, 0.15) is 65.1 Å². The van der Waals surface area contributed by atoms with Crippen molar-refractivity contribution < 1.29 is 31.5 Å². The van der Waals surface area contributed by atoms with Crippen LogP contribution in [0.2, 0.25) is 0 Å². The molecule has 0 spiro atoms. The maximum atomic E-state index is 12.2. The van der Waals surface area contributed by atoms with Crippen molar-refractivity contribution in [3.63, 3.8) is 0 Å². The number of rotatable bonds is 6. The molecule has 0 unspecified atom stereocenters. The number of carbonyl (C=O) groups excluding carboxylic acids is 2. The normalized spacial score (nSPS) is 15.4. The lowest BCUT2D eigenvalue weighted by Gasteiger charge is -2.20. The maximum absolute atomic E-state index is 12.2. The highest BCUT2D eigenvalue weighted by Crippen LogP contribution is 2.32. The van der Waals surface area contributed by atoms with Crippen LogP contribution in [0.15, 0.2) is 24.7 Å². The second kappa shape index (κ2) is 10.7. The van der Waals surface area contributed by atoms with Gasteiger partial charge in [-0.2, -0.15) is 28.2 Å². The minimum Gasteiger partial charge on any atom is -0.345 e. The Hall–Kier alpha value is -3.45. The van der Waals surface area contributed by atoms with E-state index in [9.17, 15) is 31.5 Å². The largest absolute Gasteiger partial charge is 0.390 e. The molecular formula is C20H22F5N7O2. The van der Waals surface area contributed by atoms with Crippen molar-refractivity contribution in [1.82, 2.24) is 34.9 Å². The number of nitrogens with one attached hydrogen (secondary N) is 1. The summed E-state index contributed by atoms with van der Waals surface area (Å²) in [7, 11) is 0. The van der Waals surface area contributed by atoms with Crippen molar-refractivity contribution in [2.45, 2.75) is 63.7 Å². The molecule has 3 aromatic rings. The van der Waals surface area contributed by atoms with Crippen molar-refractivity contribution in [2.24, 2.45) is 0 Å². The second-order valence-corrected chi connectivity index (χ2v) is 7.73. The van der Waals surface area contributed by atoms with Gasteiger partial charge in [-0.15, -0.1) is 5.10 Å². The van der Waals surface area contributed by atoms with Crippen LogP contribution in [0.3, 0.4) is 0 Å². The quantitative estimate of drug-likeness (QED) is 0.421. The fourth-order valence-corrected chi connectivity index (χ4v) is 3.16. The van der Waals surface area contributed by atoms with Crippen molar-refractivity contribution in [3.05, 3.63) is 41.6 Å². The van der Waals surface area contributed by atoms with E-state index in [4.69, 9.17) is 0 Å². The van der Waals surface area contributed by atoms with Crippen LogP contribution in [-0.4, -0.2) is 53.9 Å². The molecule has 0 aliphatic heterocycles. The van der Waals surface area contributed by atoms with Crippen molar-refractivity contribution in [2.75, 3.05) is 0 Å². The molecule has 1 aliphatic carbocycles. The molecule has 3 aromatic heterocycles. The zero-order valence-corrected chi connectivity index (χ0v) is 17.9. The molecule has 9 nitrogen and oxygen atoms in total. The molecule has 0 aromatic carbocycles. The number of halogens is 5. The molecule has 0 radical (unpaired) electrons. The number of aryl methyl sites for hydroxylation is 1. The number of aldehydes is 1. The van der Waals surface area contributed by atoms with E-state index in [0.717, 1.165) is 17.4 Å². The number of nitrogens with zero attached hydrogens (tertiary/aromatic N) is 6. The topological polar surface area (TPSA) is 107 Å². The Kier molecular flexibility index (Phi) is 7.89. The van der Waals surface area contributed by atoms with Gasteiger partial charge in [-0.3, -0.25) is 9.59 Å². The highest BCUT2D eigenvalue weighted by molar-refractivity contribution is 5.91. The van der Waals surface area contributed by atoms with Crippen LogP contribution in [-0.2, 0) is 13.1 Å². The summed E-state index contributed by atoms with van der Waals surface area (Å²) in [6.45, 7) is -0.415. The number of amides is 1. The predicted octanol–water partition coefficient (Wildman–Crippen LogP) is 3.60. The Morgan fingerprint density at radius 1 is 1.15 bits per heavy atom. The molecule has 1 fully saturated rings. The summed E-state index contributed by atoms with van der Waals surface area (Å²) in [4.78, 5) is 27.8. The summed E-state index contributed by atoms with van der Waals surface area (Å²) < 4.78 is 62.4. The van der Waals surface area contributed by atoms with Gasteiger partial charge in [0.1, 0.15) is 0 Å². The number of alkyl halides is 5. The number of imidazole rings is 1. The zero-order chi connectivity index (χ0) is 24.8. The fraction of sp³-hybridized carbons (Fsp3) is 0.500. The number of aromatic nitrogens is 6. The summed E-state index contributed by atoms with van der Waals surface area (Å²) in [6.07, 6.45) is 1.94. The first-order valence-electron chi connectivity index (χ1n) is 10.5. The minimum absolute atomic E-state index is 0.0496. The van der Waals surface area contributed by atoms with Crippen LogP contribution >= 0.6 is 0 Å².